The van der Waals surface area contributed by atoms with E-state index < -0.39 is 0 Å². The Morgan fingerprint density at radius 1 is 0.947 bits per heavy atom. The molecule has 2 aliphatic rings. The van der Waals surface area contributed by atoms with E-state index in [0.29, 0.717) is 62.1 Å². The zero-order valence-electron chi connectivity index (χ0n) is 21.3. The number of urea groups is 1. The van der Waals surface area contributed by atoms with Crippen molar-refractivity contribution in [2.45, 2.75) is 13.0 Å². The Balaban J connectivity index is 1.11. The smallest absolute Gasteiger partial charge is 0.317 e. The number of carbonyl (C=O) groups is 2. The lowest BCUT2D eigenvalue weighted by Crippen LogP contribution is -2.52. The van der Waals surface area contributed by atoms with E-state index in [1.165, 1.54) is 0 Å². The number of nitrogens with one attached hydrogen (secondary N) is 2. The van der Waals surface area contributed by atoms with Gasteiger partial charge in [0.05, 0.1) is 12.7 Å². The number of benzene rings is 2. The largest absolute Gasteiger partial charge is 0.497 e. The molecule has 1 aromatic heterocycles. The molecule has 2 N–H and O–H groups in total. The average Bonchev–Trinajstić information content (AvgIpc) is 3.44. The van der Waals surface area contributed by atoms with Crippen LogP contribution in [-0.4, -0.2) is 68.4 Å². The van der Waals surface area contributed by atoms with E-state index >= 15 is 0 Å². The quantitative estimate of drug-likeness (QED) is 0.473. The summed E-state index contributed by atoms with van der Waals surface area (Å²) in [6, 6.07) is 16.9. The lowest BCUT2D eigenvalue weighted by molar-refractivity contribution is 0.0950. The van der Waals surface area contributed by atoms with Crippen molar-refractivity contribution in [1.82, 2.24) is 20.5 Å². The summed E-state index contributed by atoms with van der Waals surface area (Å²) in [6.45, 7) is 3.39. The summed E-state index contributed by atoms with van der Waals surface area (Å²) in [7, 11) is 1.64. The van der Waals surface area contributed by atoms with E-state index in [0.717, 1.165) is 23.3 Å². The van der Waals surface area contributed by atoms with Crippen LogP contribution in [0, 0.1) is 0 Å². The number of piperazine rings is 1. The van der Waals surface area contributed by atoms with Crippen LogP contribution in [0.2, 0.25) is 0 Å². The Morgan fingerprint density at radius 2 is 1.71 bits per heavy atom. The highest BCUT2D eigenvalue weighted by Crippen LogP contribution is 2.32. The van der Waals surface area contributed by atoms with Gasteiger partial charge in [0.1, 0.15) is 11.6 Å². The monoisotopic (exact) mass is 517 g/mol. The first-order valence-electron chi connectivity index (χ1n) is 12.6. The number of fused-ring (bicyclic) bond motifs is 1. The molecule has 198 valence electrons. The third-order valence-corrected chi connectivity index (χ3v) is 6.64. The number of anilines is 1. The first kappa shape index (κ1) is 25.2. The zero-order valence-corrected chi connectivity index (χ0v) is 21.3. The molecule has 3 heterocycles. The molecule has 0 aliphatic carbocycles. The maximum Gasteiger partial charge on any atom is 0.317 e. The molecule has 10 nitrogen and oxygen atoms in total. The molecule has 0 spiro atoms. The van der Waals surface area contributed by atoms with Gasteiger partial charge in [0.25, 0.3) is 5.91 Å². The number of carbonyl (C=O) groups excluding carboxylic acids is 2. The minimum Gasteiger partial charge on any atom is -0.497 e. The lowest BCUT2D eigenvalue weighted by Gasteiger charge is -2.36. The molecular formula is C28H31N5O5. The van der Waals surface area contributed by atoms with Crippen molar-refractivity contribution in [1.29, 1.82) is 0 Å². The van der Waals surface area contributed by atoms with Gasteiger partial charge in [-0.25, -0.2) is 9.78 Å². The Kier molecular flexibility index (Phi) is 7.77. The van der Waals surface area contributed by atoms with Gasteiger partial charge in [0.15, 0.2) is 11.5 Å². The summed E-state index contributed by atoms with van der Waals surface area (Å²) in [4.78, 5) is 34.1. The van der Waals surface area contributed by atoms with Crippen LogP contribution >= 0.6 is 0 Å². The number of hydrogen-bond donors (Lipinski definition) is 2. The highest BCUT2D eigenvalue weighted by molar-refractivity contribution is 5.98. The molecule has 38 heavy (non-hydrogen) atoms. The number of aromatic nitrogens is 1. The van der Waals surface area contributed by atoms with Gasteiger partial charge in [0, 0.05) is 45.5 Å². The maximum atomic E-state index is 13.0. The number of amides is 3. The van der Waals surface area contributed by atoms with E-state index in [1.54, 1.807) is 30.3 Å². The van der Waals surface area contributed by atoms with Crippen molar-refractivity contribution in [3.63, 3.8) is 0 Å². The van der Waals surface area contributed by atoms with Crippen LogP contribution < -0.4 is 29.7 Å². The van der Waals surface area contributed by atoms with Crippen molar-refractivity contribution >= 4 is 17.8 Å². The highest BCUT2D eigenvalue weighted by atomic mass is 16.7. The Bertz CT molecular complexity index is 1270. The van der Waals surface area contributed by atoms with Crippen LogP contribution in [-0.2, 0) is 13.0 Å². The van der Waals surface area contributed by atoms with Gasteiger partial charge < -0.3 is 34.6 Å². The van der Waals surface area contributed by atoms with Gasteiger partial charge in [-0.1, -0.05) is 18.2 Å². The molecule has 2 aliphatic heterocycles. The van der Waals surface area contributed by atoms with E-state index in [9.17, 15) is 9.59 Å². The summed E-state index contributed by atoms with van der Waals surface area (Å²) in [5, 5.41) is 5.97. The van der Waals surface area contributed by atoms with Gasteiger partial charge >= 0.3 is 6.03 Å². The van der Waals surface area contributed by atoms with E-state index in [1.807, 2.05) is 42.5 Å². The Labute approximate surface area is 221 Å². The van der Waals surface area contributed by atoms with Crippen molar-refractivity contribution in [2.24, 2.45) is 0 Å². The second-order valence-electron chi connectivity index (χ2n) is 9.05. The van der Waals surface area contributed by atoms with Gasteiger partial charge in [-0.15, -0.1) is 0 Å². The topological polar surface area (TPSA) is 105 Å². The molecule has 1 fully saturated rings. The number of methoxy groups -OCH3 is 1. The molecule has 5 rings (SSSR count). The summed E-state index contributed by atoms with van der Waals surface area (Å²) in [5.74, 6) is 2.62. The molecular weight excluding hydrogens is 486 g/mol. The lowest BCUT2D eigenvalue weighted by atomic mass is 10.1. The van der Waals surface area contributed by atoms with Crippen molar-refractivity contribution in [3.8, 4) is 17.2 Å². The van der Waals surface area contributed by atoms with Crippen LogP contribution in [0.3, 0.4) is 0 Å². The van der Waals surface area contributed by atoms with Crippen LogP contribution in [0.5, 0.6) is 17.2 Å². The minimum atomic E-state index is -0.204. The molecule has 0 unspecified atom stereocenters. The first-order chi connectivity index (χ1) is 18.6. The van der Waals surface area contributed by atoms with Gasteiger partial charge in [-0.05, 0) is 53.9 Å². The molecule has 10 heteroatoms. The third-order valence-electron chi connectivity index (χ3n) is 6.64. The van der Waals surface area contributed by atoms with Crippen LogP contribution in [0.4, 0.5) is 10.6 Å². The molecule has 0 saturated carbocycles. The molecule has 0 radical (unpaired) electrons. The predicted octanol–water partition coefficient (Wildman–Crippen LogP) is 2.82. The summed E-state index contributed by atoms with van der Waals surface area (Å²) in [6.07, 6.45) is 2.43. The predicted molar refractivity (Wildman–Crippen MR) is 142 cm³/mol. The number of pyridine rings is 1. The fraction of sp³-hybridized carbons (Fsp3) is 0.321. The molecule has 3 amide bonds. The molecule has 0 atom stereocenters. The van der Waals surface area contributed by atoms with Gasteiger partial charge in [-0.3, -0.25) is 4.79 Å². The van der Waals surface area contributed by atoms with Crippen molar-refractivity contribution in [2.75, 3.05) is 51.5 Å². The van der Waals surface area contributed by atoms with Crippen molar-refractivity contribution < 1.29 is 23.8 Å². The van der Waals surface area contributed by atoms with E-state index in [-0.39, 0.29) is 18.7 Å². The van der Waals surface area contributed by atoms with E-state index in [4.69, 9.17) is 14.2 Å². The molecule has 2 aromatic carbocycles. The maximum absolute atomic E-state index is 13.0. The van der Waals surface area contributed by atoms with Gasteiger partial charge in [-0.2, -0.15) is 0 Å². The fourth-order valence-corrected chi connectivity index (χ4v) is 4.49. The second kappa shape index (κ2) is 11.7. The Hall–Kier alpha value is -4.47. The molecule has 0 bridgehead atoms. The number of hydrogen-bond acceptors (Lipinski definition) is 7. The SMILES string of the molecule is COc1ccc(CCNC(=O)N2CCN(c3ncccc3C(=O)NCc3ccc4c(c3)OCO4)CC2)cc1. The average molecular weight is 518 g/mol. The second-order valence-corrected chi connectivity index (χ2v) is 9.05. The summed E-state index contributed by atoms with van der Waals surface area (Å²) < 4.78 is 15.9. The fourth-order valence-electron chi connectivity index (χ4n) is 4.49. The van der Waals surface area contributed by atoms with Gasteiger partial charge in [0.2, 0.25) is 6.79 Å². The number of ether oxygens (including phenoxy) is 3. The van der Waals surface area contributed by atoms with Crippen LogP contribution in [0.15, 0.2) is 60.8 Å². The first-order valence-corrected chi connectivity index (χ1v) is 12.6. The van der Waals surface area contributed by atoms with Crippen LogP contribution in [0.25, 0.3) is 0 Å². The van der Waals surface area contributed by atoms with Crippen molar-refractivity contribution in [3.05, 3.63) is 77.5 Å². The summed E-state index contributed by atoms with van der Waals surface area (Å²) in [5.41, 5.74) is 2.56. The third kappa shape index (κ3) is 5.91. The number of rotatable bonds is 8. The minimum absolute atomic E-state index is 0.0825. The summed E-state index contributed by atoms with van der Waals surface area (Å²) >= 11 is 0. The van der Waals surface area contributed by atoms with E-state index in [2.05, 4.69) is 20.5 Å². The highest BCUT2D eigenvalue weighted by Gasteiger charge is 2.25. The normalized spacial score (nSPS) is 14.2. The standard InChI is InChI=1S/C28H31N5O5/c1-36-22-7-4-20(5-8-22)10-12-30-28(35)33-15-13-32(14-16-33)26-23(3-2-11-29-26)27(34)31-18-21-6-9-24-25(17-21)38-19-37-24/h2-9,11,17H,10,12-16,18-19H2,1H3,(H,30,35)(H,31,34). The Morgan fingerprint density at radius 3 is 2.50 bits per heavy atom. The zero-order chi connectivity index (χ0) is 26.3. The van der Waals surface area contributed by atoms with Crippen LogP contribution in [0.1, 0.15) is 21.5 Å². The number of nitrogens with zero attached hydrogens (tertiary/aromatic N) is 3. The molecule has 1 saturated heterocycles. The molecule has 3 aromatic rings.